The van der Waals surface area contributed by atoms with Crippen LogP contribution >= 0.6 is 0 Å². The first-order valence-electron chi connectivity index (χ1n) is 6.16. The van der Waals surface area contributed by atoms with Crippen molar-refractivity contribution in [3.63, 3.8) is 0 Å². The second kappa shape index (κ2) is 5.80. The van der Waals surface area contributed by atoms with Crippen LogP contribution in [-0.4, -0.2) is 17.8 Å². The summed E-state index contributed by atoms with van der Waals surface area (Å²) in [6.07, 6.45) is 0.549. The van der Waals surface area contributed by atoms with Crippen molar-refractivity contribution in [3.05, 3.63) is 48.0 Å². The first-order chi connectivity index (χ1) is 8.31. The third-order valence-corrected chi connectivity index (χ3v) is 3.05. The fourth-order valence-electron chi connectivity index (χ4n) is 1.96. The molecule has 1 atom stereocenters. The first kappa shape index (κ1) is 12.1. The zero-order valence-electron chi connectivity index (χ0n) is 10.2. The molecule has 17 heavy (non-hydrogen) atoms. The van der Waals surface area contributed by atoms with Gasteiger partial charge in [-0.2, -0.15) is 0 Å². The lowest BCUT2D eigenvalue weighted by molar-refractivity contribution is 0.167. The van der Waals surface area contributed by atoms with Gasteiger partial charge in [0.1, 0.15) is 0 Å². The van der Waals surface area contributed by atoms with Gasteiger partial charge in [-0.25, -0.2) is 0 Å². The molecule has 1 unspecified atom stereocenters. The molecule has 2 N–H and O–H groups in total. The molecule has 2 rings (SSSR count). The molecule has 0 fully saturated rings. The van der Waals surface area contributed by atoms with Gasteiger partial charge in [0.25, 0.3) is 0 Å². The highest BCUT2D eigenvalue weighted by molar-refractivity contribution is 5.85. The van der Waals surface area contributed by atoms with Crippen LogP contribution in [0, 0.1) is 0 Å². The third-order valence-electron chi connectivity index (χ3n) is 3.05. The SMILES string of the molecule is CCC(O)CNCc1cccc2ccccc12. The Morgan fingerprint density at radius 2 is 1.88 bits per heavy atom. The Balaban J connectivity index is 2.08. The second-order valence-corrected chi connectivity index (χ2v) is 4.33. The van der Waals surface area contributed by atoms with Gasteiger partial charge in [-0.15, -0.1) is 0 Å². The summed E-state index contributed by atoms with van der Waals surface area (Å²) in [6, 6.07) is 14.7. The topological polar surface area (TPSA) is 32.3 Å². The molecule has 0 radical (unpaired) electrons. The molecule has 0 aliphatic carbocycles. The van der Waals surface area contributed by atoms with Crippen molar-refractivity contribution in [2.75, 3.05) is 6.54 Å². The van der Waals surface area contributed by atoms with Crippen LogP contribution in [0.3, 0.4) is 0 Å². The average molecular weight is 229 g/mol. The van der Waals surface area contributed by atoms with E-state index in [2.05, 4.69) is 47.8 Å². The maximum absolute atomic E-state index is 9.49. The highest BCUT2D eigenvalue weighted by Crippen LogP contribution is 2.18. The summed E-state index contributed by atoms with van der Waals surface area (Å²) < 4.78 is 0. The van der Waals surface area contributed by atoms with E-state index in [4.69, 9.17) is 0 Å². The van der Waals surface area contributed by atoms with E-state index in [0.29, 0.717) is 6.54 Å². The summed E-state index contributed by atoms with van der Waals surface area (Å²) >= 11 is 0. The number of hydrogen-bond acceptors (Lipinski definition) is 2. The van der Waals surface area contributed by atoms with Crippen LogP contribution in [0.4, 0.5) is 0 Å². The average Bonchev–Trinajstić information content (AvgIpc) is 2.39. The molecule has 0 aliphatic rings. The highest BCUT2D eigenvalue weighted by atomic mass is 16.3. The van der Waals surface area contributed by atoms with Crippen LogP contribution in [0.1, 0.15) is 18.9 Å². The van der Waals surface area contributed by atoms with E-state index in [-0.39, 0.29) is 6.10 Å². The van der Waals surface area contributed by atoms with E-state index in [1.807, 2.05) is 6.92 Å². The zero-order chi connectivity index (χ0) is 12.1. The van der Waals surface area contributed by atoms with Gasteiger partial charge in [0.05, 0.1) is 6.10 Å². The zero-order valence-corrected chi connectivity index (χ0v) is 10.2. The number of aliphatic hydroxyl groups excluding tert-OH is 1. The van der Waals surface area contributed by atoms with Gasteiger partial charge < -0.3 is 10.4 Å². The predicted molar refractivity (Wildman–Crippen MR) is 72.0 cm³/mol. The number of aliphatic hydroxyl groups is 1. The molecule has 2 heteroatoms. The number of hydrogen-bond donors (Lipinski definition) is 2. The minimum atomic E-state index is -0.245. The maximum atomic E-state index is 9.49. The van der Waals surface area contributed by atoms with Gasteiger partial charge in [0.15, 0.2) is 0 Å². The molecule has 0 heterocycles. The molecular formula is C15H19NO. The van der Waals surface area contributed by atoms with Crippen molar-refractivity contribution >= 4 is 10.8 Å². The number of benzene rings is 2. The Morgan fingerprint density at radius 1 is 1.12 bits per heavy atom. The maximum Gasteiger partial charge on any atom is 0.0662 e. The Hall–Kier alpha value is -1.38. The van der Waals surface area contributed by atoms with E-state index in [9.17, 15) is 5.11 Å². The van der Waals surface area contributed by atoms with Gasteiger partial charge in [-0.3, -0.25) is 0 Å². The molecule has 2 aromatic rings. The standard InChI is InChI=1S/C15H19NO/c1-2-14(17)11-16-10-13-8-5-7-12-6-3-4-9-15(12)13/h3-9,14,16-17H,2,10-11H2,1H3. The van der Waals surface area contributed by atoms with Crippen molar-refractivity contribution < 1.29 is 5.11 Å². The third kappa shape index (κ3) is 3.05. The lowest BCUT2D eigenvalue weighted by Gasteiger charge is -2.11. The van der Waals surface area contributed by atoms with E-state index >= 15 is 0 Å². The summed E-state index contributed by atoms with van der Waals surface area (Å²) in [5, 5.41) is 15.3. The van der Waals surface area contributed by atoms with Crippen molar-refractivity contribution in [1.29, 1.82) is 0 Å². The summed E-state index contributed by atoms with van der Waals surface area (Å²) in [4.78, 5) is 0. The van der Waals surface area contributed by atoms with Crippen molar-refractivity contribution in [2.24, 2.45) is 0 Å². The molecule has 0 aromatic heterocycles. The lowest BCUT2D eigenvalue weighted by Crippen LogP contribution is -2.25. The summed E-state index contributed by atoms with van der Waals surface area (Å²) in [7, 11) is 0. The van der Waals surface area contributed by atoms with Crippen LogP contribution in [0.2, 0.25) is 0 Å². The quantitative estimate of drug-likeness (QED) is 0.826. The Kier molecular flexibility index (Phi) is 4.13. The molecule has 0 amide bonds. The van der Waals surface area contributed by atoms with Gasteiger partial charge in [-0.05, 0) is 22.8 Å². The van der Waals surface area contributed by atoms with E-state index < -0.39 is 0 Å². The molecular weight excluding hydrogens is 210 g/mol. The fourth-order valence-corrected chi connectivity index (χ4v) is 1.96. The molecule has 90 valence electrons. The largest absolute Gasteiger partial charge is 0.392 e. The smallest absolute Gasteiger partial charge is 0.0662 e. The number of fused-ring (bicyclic) bond motifs is 1. The normalized spacial score (nSPS) is 12.8. The van der Waals surface area contributed by atoms with Crippen molar-refractivity contribution in [2.45, 2.75) is 26.0 Å². The Bertz CT molecular complexity index is 476. The Labute approximate surface area is 102 Å². The summed E-state index contributed by atoms with van der Waals surface area (Å²) in [5.41, 5.74) is 1.28. The van der Waals surface area contributed by atoms with Gasteiger partial charge in [0.2, 0.25) is 0 Å². The monoisotopic (exact) mass is 229 g/mol. The van der Waals surface area contributed by atoms with E-state index in [0.717, 1.165) is 13.0 Å². The first-order valence-corrected chi connectivity index (χ1v) is 6.16. The van der Waals surface area contributed by atoms with E-state index in [1.165, 1.54) is 16.3 Å². The molecule has 0 saturated carbocycles. The van der Waals surface area contributed by atoms with Crippen molar-refractivity contribution in [3.8, 4) is 0 Å². The molecule has 2 nitrogen and oxygen atoms in total. The highest BCUT2D eigenvalue weighted by Gasteiger charge is 2.02. The predicted octanol–water partition coefficient (Wildman–Crippen LogP) is 2.70. The molecule has 0 spiro atoms. The van der Waals surface area contributed by atoms with Crippen LogP contribution in [-0.2, 0) is 6.54 Å². The van der Waals surface area contributed by atoms with Gasteiger partial charge in [0, 0.05) is 13.1 Å². The van der Waals surface area contributed by atoms with Crippen molar-refractivity contribution in [1.82, 2.24) is 5.32 Å². The minimum Gasteiger partial charge on any atom is -0.392 e. The van der Waals surface area contributed by atoms with E-state index in [1.54, 1.807) is 0 Å². The van der Waals surface area contributed by atoms with Crippen LogP contribution in [0.5, 0.6) is 0 Å². The number of nitrogens with one attached hydrogen (secondary N) is 1. The summed E-state index contributed by atoms with van der Waals surface area (Å²) in [6.45, 7) is 3.45. The van der Waals surface area contributed by atoms with Gasteiger partial charge >= 0.3 is 0 Å². The Morgan fingerprint density at radius 3 is 2.71 bits per heavy atom. The van der Waals surface area contributed by atoms with Crippen LogP contribution in [0.25, 0.3) is 10.8 Å². The summed E-state index contributed by atoms with van der Waals surface area (Å²) in [5.74, 6) is 0. The molecule has 0 aliphatic heterocycles. The second-order valence-electron chi connectivity index (χ2n) is 4.33. The van der Waals surface area contributed by atoms with Gasteiger partial charge in [-0.1, -0.05) is 49.4 Å². The minimum absolute atomic E-state index is 0.245. The molecule has 0 bridgehead atoms. The van der Waals surface area contributed by atoms with Crippen LogP contribution in [0.15, 0.2) is 42.5 Å². The number of rotatable bonds is 5. The van der Waals surface area contributed by atoms with Crippen LogP contribution < -0.4 is 5.32 Å². The molecule has 0 saturated heterocycles. The fraction of sp³-hybridized carbons (Fsp3) is 0.333. The lowest BCUT2D eigenvalue weighted by atomic mass is 10.0. The molecule has 2 aromatic carbocycles.